The van der Waals surface area contributed by atoms with Crippen molar-refractivity contribution in [3.8, 4) is 18.1 Å². The Morgan fingerprint density at radius 3 is 2.71 bits per heavy atom. The normalized spacial score (nSPS) is 22.2. The fourth-order valence-electron chi connectivity index (χ4n) is 4.52. The van der Waals surface area contributed by atoms with E-state index in [1.165, 1.54) is 19.3 Å². The van der Waals surface area contributed by atoms with Crippen molar-refractivity contribution in [1.29, 1.82) is 0 Å². The first-order valence-corrected chi connectivity index (χ1v) is 10.6. The number of ether oxygens (including phenoxy) is 1. The fraction of sp³-hybridized carbons (Fsp3) is 0.609. The van der Waals surface area contributed by atoms with Crippen LogP contribution in [0.25, 0.3) is 0 Å². The molecule has 5 nitrogen and oxygen atoms in total. The van der Waals surface area contributed by atoms with Crippen LogP contribution in [-0.4, -0.2) is 61.6 Å². The van der Waals surface area contributed by atoms with Crippen LogP contribution >= 0.6 is 0 Å². The van der Waals surface area contributed by atoms with Gasteiger partial charge in [0, 0.05) is 12.1 Å². The van der Waals surface area contributed by atoms with E-state index in [9.17, 15) is 4.79 Å². The minimum absolute atomic E-state index is 0.104. The summed E-state index contributed by atoms with van der Waals surface area (Å²) in [5.41, 5.74) is 1.15. The minimum Gasteiger partial charge on any atom is -0.496 e. The van der Waals surface area contributed by atoms with E-state index < -0.39 is 0 Å². The van der Waals surface area contributed by atoms with Crippen molar-refractivity contribution in [3.63, 3.8) is 0 Å². The zero-order valence-electron chi connectivity index (χ0n) is 17.0. The van der Waals surface area contributed by atoms with Crippen molar-refractivity contribution in [2.24, 2.45) is 0 Å². The molecule has 0 radical (unpaired) electrons. The highest BCUT2D eigenvalue weighted by atomic mass is 16.5. The molecule has 2 fully saturated rings. The van der Waals surface area contributed by atoms with Gasteiger partial charge in [0.15, 0.2) is 0 Å². The molecule has 1 aromatic rings. The van der Waals surface area contributed by atoms with E-state index in [1.54, 1.807) is 7.11 Å². The largest absolute Gasteiger partial charge is 0.496 e. The lowest BCUT2D eigenvalue weighted by Crippen LogP contribution is -2.51. The molecule has 2 atom stereocenters. The monoisotopic (exact) mass is 383 g/mol. The number of piperidine rings is 2. The average Bonchev–Trinajstić information content (AvgIpc) is 2.75. The highest BCUT2D eigenvalue weighted by Crippen LogP contribution is 2.31. The van der Waals surface area contributed by atoms with Crippen LogP contribution in [0.3, 0.4) is 0 Å². The van der Waals surface area contributed by atoms with Gasteiger partial charge in [0.2, 0.25) is 5.91 Å². The number of carbonyl (C=O) groups is 1. The summed E-state index contributed by atoms with van der Waals surface area (Å²) in [5.74, 6) is 3.69. The Bertz CT molecular complexity index is 679. The Morgan fingerprint density at radius 1 is 1.21 bits per heavy atom. The van der Waals surface area contributed by atoms with Crippen LogP contribution in [-0.2, 0) is 4.79 Å². The number of hydrogen-bond acceptors (Lipinski definition) is 4. The molecule has 0 aromatic heterocycles. The zero-order chi connectivity index (χ0) is 19.8. The highest BCUT2D eigenvalue weighted by Gasteiger charge is 2.30. The molecular weight excluding hydrogens is 350 g/mol. The molecule has 2 saturated heterocycles. The van der Waals surface area contributed by atoms with Crippen LogP contribution in [0, 0.1) is 12.3 Å². The maximum Gasteiger partial charge on any atom is 0.237 e. The molecule has 1 N–H and O–H groups in total. The summed E-state index contributed by atoms with van der Waals surface area (Å²) >= 11 is 0. The first kappa shape index (κ1) is 20.7. The number of rotatable bonds is 7. The molecule has 0 spiro atoms. The number of nitrogens with one attached hydrogen (secondary N) is 1. The highest BCUT2D eigenvalue weighted by molar-refractivity contribution is 5.82. The van der Waals surface area contributed by atoms with Gasteiger partial charge in [-0.1, -0.05) is 37.0 Å². The third-order valence-corrected chi connectivity index (χ3v) is 6.01. The molecule has 2 aliphatic heterocycles. The summed E-state index contributed by atoms with van der Waals surface area (Å²) in [4.78, 5) is 17.6. The zero-order valence-corrected chi connectivity index (χ0v) is 17.0. The van der Waals surface area contributed by atoms with Crippen LogP contribution < -0.4 is 10.1 Å². The number of terminal acetylenes is 1. The van der Waals surface area contributed by atoms with Crippen molar-refractivity contribution >= 4 is 5.91 Å². The van der Waals surface area contributed by atoms with Crippen LogP contribution in [0.15, 0.2) is 24.3 Å². The predicted octanol–water partition coefficient (Wildman–Crippen LogP) is 2.83. The number of methoxy groups -OCH3 is 1. The Morgan fingerprint density at radius 2 is 1.96 bits per heavy atom. The van der Waals surface area contributed by atoms with E-state index in [1.807, 2.05) is 18.2 Å². The van der Waals surface area contributed by atoms with Crippen LogP contribution in [0.2, 0.25) is 0 Å². The predicted molar refractivity (Wildman–Crippen MR) is 112 cm³/mol. The lowest BCUT2D eigenvalue weighted by Gasteiger charge is -2.37. The molecule has 2 heterocycles. The van der Waals surface area contributed by atoms with Crippen LogP contribution in [0.4, 0.5) is 0 Å². The second kappa shape index (κ2) is 10.5. The molecule has 1 aromatic carbocycles. The lowest BCUT2D eigenvalue weighted by atomic mass is 9.99. The summed E-state index contributed by atoms with van der Waals surface area (Å²) in [6.07, 6.45) is 12.3. The van der Waals surface area contributed by atoms with Crippen molar-refractivity contribution in [2.75, 3.05) is 39.8 Å². The number of carbonyl (C=O) groups excluding carboxylic acids is 1. The van der Waals surface area contributed by atoms with Gasteiger partial charge in [0.05, 0.1) is 25.7 Å². The average molecular weight is 384 g/mol. The number of nitrogens with zero attached hydrogens (tertiary/aromatic N) is 2. The van der Waals surface area contributed by atoms with Gasteiger partial charge in [-0.15, -0.1) is 6.42 Å². The number of para-hydroxylation sites is 1. The molecule has 0 aliphatic carbocycles. The second-order valence-electron chi connectivity index (χ2n) is 7.79. The molecule has 2 aliphatic rings. The topological polar surface area (TPSA) is 44.8 Å². The summed E-state index contributed by atoms with van der Waals surface area (Å²) < 4.78 is 5.62. The number of amides is 1. The minimum atomic E-state index is -0.107. The summed E-state index contributed by atoms with van der Waals surface area (Å²) in [7, 11) is 1.71. The van der Waals surface area contributed by atoms with E-state index >= 15 is 0 Å². The fourth-order valence-corrected chi connectivity index (χ4v) is 4.52. The Labute approximate surface area is 169 Å². The Kier molecular flexibility index (Phi) is 7.76. The van der Waals surface area contributed by atoms with E-state index in [0.29, 0.717) is 13.1 Å². The standard InChI is InChI=1S/C23H33N3O2/c1-3-14-25-17-10-7-12-20(25)23(27)24-18-21(26-15-8-4-9-16-26)19-11-5-6-13-22(19)28-2/h1,5-6,11,13,20-21H,4,7-10,12,14-18H2,2H3,(H,24,27). The first-order valence-electron chi connectivity index (χ1n) is 10.6. The maximum atomic E-state index is 13.0. The summed E-state index contributed by atoms with van der Waals surface area (Å²) in [6.45, 7) is 4.17. The molecule has 152 valence electrons. The van der Waals surface area contributed by atoms with Gasteiger partial charge < -0.3 is 10.1 Å². The summed E-state index contributed by atoms with van der Waals surface area (Å²) in [6, 6.07) is 8.19. The Balaban J connectivity index is 1.72. The molecule has 0 bridgehead atoms. The van der Waals surface area contributed by atoms with E-state index in [4.69, 9.17) is 11.2 Å². The van der Waals surface area contributed by atoms with E-state index in [2.05, 4.69) is 27.1 Å². The van der Waals surface area contributed by atoms with Gasteiger partial charge >= 0.3 is 0 Å². The quantitative estimate of drug-likeness (QED) is 0.736. The van der Waals surface area contributed by atoms with Gasteiger partial charge in [-0.2, -0.15) is 0 Å². The van der Waals surface area contributed by atoms with Gasteiger partial charge in [-0.25, -0.2) is 0 Å². The van der Waals surface area contributed by atoms with Crippen LogP contribution in [0.1, 0.15) is 50.1 Å². The number of hydrogen-bond donors (Lipinski definition) is 1. The first-order chi connectivity index (χ1) is 13.7. The summed E-state index contributed by atoms with van der Waals surface area (Å²) in [5, 5.41) is 3.24. The molecule has 3 rings (SSSR count). The van der Waals surface area contributed by atoms with Gasteiger partial charge in [-0.3, -0.25) is 14.6 Å². The molecular formula is C23H33N3O2. The third-order valence-electron chi connectivity index (χ3n) is 6.01. The second-order valence-corrected chi connectivity index (χ2v) is 7.79. The van der Waals surface area contributed by atoms with E-state index in [-0.39, 0.29) is 18.0 Å². The molecule has 28 heavy (non-hydrogen) atoms. The van der Waals surface area contributed by atoms with Crippen molar-refractivity contribution in [2.45, 2.75) is 50.6 Å². The maximum absolute atomic E-state index is 13.0. The van der Waals surface area contributed by atoms with Crippen LogP contribution in [0.5, 0.6) is 5.75 Å². The van der Waals surface area contributed by atoms with Gasteiger partial charge in [-0.05, 0) is 51.4 Å². The molecule has 2 unspecified atom stereocenters. The molecule has 1 amide bonds. The third kappa shape index (κ3) is 5.06. The molecule has 0 saturated carbocycles. The SMILES string of the molecule is C#CCN1CCCCC1C(=O)NCC(c1ccccc1OC)N1CCCCC1. The van der Waals surface area contributed by atoms with Gasteiger partial charge in [0.25, 0.3) is 0 Å². The molecule has 5 heteroatoms. The van der Waals surface area contributed by atoms with E-state index in [0.717, 1.165) is 50.2 Å². The smallest absolute Gasteiger partial charge is 0.237 e. The van der Waals surface area contributed by atoms with Crippen molar-refractivity contribution < 1.29 is 9.53 Å². The number of benzene rings is 1. The van der Waals surface area contributed by atoms with Gasteiger partial charge in [0.1, 0.15) is 5.75 Å². The van der Waals surface area contributed by atoms with Crippen molar-refractivity contribution in [3.05, 3.63) is 29.8 Å². The number of likely N-dealkylation sites (tertiary alicyclic amines) is 2. The lowest BCUT2D eigenvalue weighted by molar-refractivity contribution is -0.127. The Hall–Kier alpha value is -2.03. The van der Waals surface area contributed by atoms with Crippen molar-refractivity contribution in [1.82, 2.24) is 15.1 Å².